The Labute approximate surface area is 292 Å². The fourth-order valence-corrected chi connectivity index (χ4v) is 8.11. The molecule has 10 rings (SSSR count). The number of fused-ring (bicyclic) bond motifs is 8. The van der Waals surface area contributed by atoms with Crippen molar-refractivity contribution < 1.29 is 17.0 Å². The van der Waals surface area contributed by atoms with Crippen LogP contribution in [0.25, 0.3) is 54.7 Å². The molecule has 2 nitrogen and oxygen atoms in total. The van der Waals surface area contributed by atoms with Crippen molar-refractivity contribution >= 4 is 62.0 Å². The number of hydrogen-bond acceptors (Lipinski definition) is 0. The summed E-state index contributed by atoms with van der Waals surface area (Å²) in [5.74, 6) is 0. The quantitative estimate of drug-likeness (QED) is 0.126. The average Bonchev–Trinajstić information content (AvgIpc) is 3.89. The van der Waals surface area contributed by atoms with Gasteiger partial charge < -0.3 is 9.13 Å². The minimum atomic E-state index is -0.556. The minimum absolute atomic E-state index is 0.556. The summed E-state index contributed by atoms with van der Waals surface area (Å²) < 4.78 is 5.01. The van der Waals surface area contributed by atoms with Gasteiger partial charge in [0.05, 0.1) is 11.0 Å². The fourth-order valence-electron chi connectivity index (χ4n) is 8.11. The second kappa shape index (κ2) is 13.5. The van der Waals surface area contributed by atoms with Crippen LogP contribution in [0.3, 0.4) is 0 Å². The molecule has 0 saturated heterocycles. The first-order valence-corrected chi connectivity index (χ1v) is 21.0. The first-order valence-electron chi connectivity index (χ1n) is 16.8. The van der Waals surface area contributed by atoms with Crippen molar-refractivity contribution in [1.29, 1.82) is 0 Å². The third kappa shape index (κ3) is 5.70. The van der Waals surface area contributed by atoms with E-state index in [9.17, 15) is 0 Å². The number of rotatable bonds is 2. The second-order valence-corrected chi connectivity index (χ2v) is 15.3. The van der Waals surface area contributed by atoms with E-state index in [4.69, 9.17) is 18.6 Å². The minimum Gasteiger partial charge on any atom is -0.332 e. The van der Waals surface area contributed by atoms with Crippen LogP contribution in [-0.4, -0.2) is 9.13 Å². The molecule has 234 valence electrons. The molecule has 6 aromatic carbocycles. The molecule has 0 bridgehead atoms. The molecule has 0 N–H and O–H groups in total. The molecule has 0 fully saturated rings. The maximum absolute atomic E-state index is 4.89. The molecule has 5 heteroatoms. The molecule has 0 unspecified atom stereocenters. The van der Waals surface area contributed by atoms with Crippen molar-refractivity contribution in [3.63, 3.8) is 0 Å². The topological polar surface area (TPSA) is 9.86 Å². The molecule has 8 aromatic rings. The molecule has 47 heavy (non-hydrogen) atoms. The van der Waals surface area contributed by atoms with E-state index in [0.29, 0.717) is 0 Å². The zero-order chi connectivity index (χ0) is 31.7. The third-order valence-corrected chi connectivity index (χ3v) is 10.1. The molecule has 2 aliphatic rings. The predicted octanol–water partition coefficient (Wildman–Crippen LogP) is 12.1. The zero-order valence-electron chi connectivity index (χ0n) is 26.4. The number of nitrogens with zero attached hydrogens (tertiary/aromatic N) is 2. The summed E-state index contributed by atoms with van der Waals surface area (Å²) in [7, 11) is 9.78. The Morgan fingerprint density at radius 1 is 0.489 bits per heavy atom. The Morgan fingerprint density at radius 2 is 0.872 bits per heavy atom. The molecule has 0 saturated carbocycles. The van der Waals surface area contributed by atoms with E-state index in [2.05, 4.69) is 130 Å². The van der Waals surface area contributed by atoms with Crippen LogP contribution < -0.4 is 0 Å². The average molecular weight is 688 g/mol. The van der Waals surface area contributed by atoms with Gasteiger partial charge in [-0.3, -0.25) is 0 Å². The van der Waals surface area contributed by atoms with Gasteiger partial charge in [-0.1, -0.05) is 48.5 Å². The standard InChI is InChI=1S/2C21H18N.2ClH.Ti/c2*1-2-8-16-14-17(13-15(16)7-1)22-20-11-5-3-9-18(20)19-10-4-6-12-21(19)22;;;/h2*1-3,5,7-9,11,13-14H,4,6,10,12H2;2*1H;/q2*-1;;;+2/p-2. The summed E-state index contributed by atoms with van der Waals surface area (Å²) in [5.41, 5.74) is 11.6. The number of aromatic nitrogens is 2. The molecular weight excluding hydrogens is 651 g/mol. The van der Waals surface area contributed by atoms with Gasteiger partial charge in [-0.05, 0) is 86.0 Å². The molecule has 0 radical (unpaired) electrons. The van der Waals surface area contributed by atoms with Crippen molar-refractivity contribution in [2.75, 3.05) is 0 Å². The Kier molecular flexibility index (Phi) is 8.86. The van der Waals surface area contributed by atoms with E-state index in [-0.39, 0.29) is 0 Å². The summed E-state index contributed by atoms with van der Waals surface area (Å²) in [5, 5.41) is 8.23. The van der Waals surface area contributed by atoms with Crippen molar-refractivity contribution in [2.24, 2.45) is 0 Å². The molecular formula is C42H36Cl2N2Ti-2. The number of aryl methyl sites for hydroxylation is 2. The van der Waals surface area contributed by atoms with Gasteiger partial charge in [-0.2, -0.15) is 0 Å². The largest absolute Gasteiger partial charge is 0.332 e. The summed E-state index contributed by atoms with van der Waals surface area (Å²) in [6, 6.07) is 44.4. The smallest absolute Gasteiger partial charge is 0.0516 e. The molecule has 2 aliphatic carbocycles. The molecule has 0 spiro atoms. The van der Waals surface area contributed by atoms with Gasteiger partial charge in [0.1, 0.15) is 0 Å². The normalized spacial score (nSPS) is 13.9. The van der Waals surface area contributed by atoms with Gasteiger partial charge in [0.25, 0.3) is 0 Å². The summed E-state index contributed by atoms with van der Waals surface area (Å²) in [4.78, 5) is 0. The van der Waals surface area contributed by atoms with E-state index in [1.54, 1.807) is 11.1 Å². The number of hydrogen-bond donors (Lipinski definition) is 0. The van der Waals surface area contributed by atoms with Crippen LogP contribution in [0.1, 0.15) is 48.2 Å². The summed E-state index contributed by atoms with van der Waals surface area (Å²) in [6.07, 6.45) is 10.1. The van der Waals surface area contributed by atoms with Crippen molar-refractivity contribution in [3.8, 4) is 11.4 Å². The first-order chi connectivity index (χ1) is 23.2. The Morgan fingerprint density at radius 3 is 1.32 bits per heavy atom. The van der Waals surface area contributed by atoms with E-state index < -0.39 is 17.0 Å². The zero-order valence-corrected chi connectivity index (χ0v) is 29.4. The van der Waals surface area contributed by atoms with Gasteiger partial charge >= 0.3 is 35.6 Å². The number of halogens is 2. The van der Waals surface area contributed by atoms with Crippen LogP contribution in [0.15, 0.2) is 121 Å². The SMILES string of the molecule is [Cl][Ti][Cl].c1ccc2[cH-]c(-n3c4c(c5ccccc53)CCCC4)cc2c1.c1ccc2[cH-]c(-n3c4c(c5ccccc53)CCCC4)cc2c1. The Bertz CT molecular complexity index is 2100. The molecule has 0 amide bonds. The van der Waals surface area contributed by atoms with Crippen LogP contribution in [0.4, 0.5) is 0 Å². The first kappa shape index (κ1) is 30.8. The molecule has 0 aliphatic heterocycles. The van der Waals surface area contributed by atoms with Gasteiger partial charge in [-0.15, -0.1) is 82.2 Å². The van der Waals surface area contributed by atoms with E-state index in [1.165, 1.54) is 117 Å². The van der Waals surface area contributed by atoms with Crippen LogP contribution >= 0.6 is 18.6 Å². The van der Waals surface area contributed by atoms with E-state index in [0.717, 1.165) is 0 Å². The van der Waals surface area contributed by atoms with Gasteiger partial charge in [0, 0.05) is 22.2 Å². The van der Waals surface area contributed by atoms with E-state index >= 15 is 0 Å². The monoisotopic (exact) mass is 686 g/mol. The predicted molar refractivity (Wildman–Crippen MR) is 198 cm³/mol. The third-order valence-electron chi connectivity index (χ3n) is 10.1. The van der Waals surface area contributed by atoms with Crippen molar-refractivity contribution in [3.05, 3.63) is 144 Å². The summed E-state index contributed by atoms with van der Waals surface area (Å²) >= 11 is -0.556. The van der Waals surface area contributed by atoms with Crippen LogP contribution in [-0.2, 0) is 42.7 Å². The molecule has 0 atom stereocenters. The fraction of sp³-hybridized carbons (Fsp3) is 0.190. The summed E-state index contributed by atoms with van der Waals surface area (Å²) in [6.45, 7) is 0. The maximum atomic E-state index is 4.89. The van der Waals surface area contributed by atoms with Crippen LogP contribution in [0.2, 0.25) is 0 Å². The molecule has 2 heterocycles. The van der Waals surface area contributed by atoms with Gasteiger partial charge in [0.15, 0.2) is 0 Å². The van der Waals surface area contributed by atoms with Crippen LogP contribution in [0.5, 0.6) is 0 Å². The van der Waals surface area contributed by atoms with Gasteiger partial charge in [0.2, 0.25) is 0 Å². The second-order valence-electron chi connectivity index (χ2n) is 12.7. The molecule has 2 aromatic heterocycles. The number of para-hydroxylation sites is 2. The van der Waals surface area contributed by atoms with Crippen molar-refractivity contribution in [1.82, 2.24) is 9.13 Å². The van der Waals surface area contributed by atoms with E-state index in [1.807, 2.05) is 0 Å². The van der Waals surface area contributed by atoms with Gasteiger partial charge in [-0.25, -0.2) is 0 Å². The van der Waals surface area contributed by atoms with Crippen molar-refractivity contribution in [2.45, 2.75) is 51.4 Å². The Hall–Kier alpha value is -3.53. The maximum Gasteiger partial charge on any atom is 0.0516 e. The van der Waals surface area contributed by atoms with Crippen LogP contribution in [0, 0.1) is 0 Å². The number of benzene rings is 4. The Balaban J connectivity index is 0.000000128.